The van der Waals surface area contributed by atoms with E-state index in [2.05, 4.69) is 37.3 Å². The van der Waals surface area contributed by atoms with Crippen molar-refractivity contribution in [2.24, 2.45) is 0 Å². The molecule has 0 saturated heterocycles. The summed E-state index contributed by atoms with van der Waals surface area (Å²) in [6, 6.07) is 8.10. The molecule has 0 atom stereocenters. The third-order valence-electron chi connectivity index (χ3n) is 2.92. The van der Waals surface area contributed by atoms with Gasteiger partial charge < -0.3 is 14.6 Å². The predicted octanol–water partition coefficient (Wildman–Crippen LogP) is 3.37. The molecule has 1 aromatic carbocycles. The minimum Gasteiger partial charge on any atom is -0.486 e. The first-order valence-corrected chi connectivity index (χ1v) is 7.03. The summed E-state index contributed by atoms with van der Waals surface area (Å²) in [7, 11) is 0. The van der Waals surface area contributed by atoms with Crippen LogP contribution < -0.4 is 10.1 Å². The van der Waals surface area contributed by atoms with Gasteiger partial charge >= 0.3 is 0 Å². The molecule has 2 aromatic rings. The smallest absolute Gasteiger partial charge is 0.174 e. The van der Waals surface area contributed by atoms with Crippen molar-refractivity contribution in [3.8, 4) is 5.75 Å². The zero-order chi connectivity index (χ0) is 14.4. The lowest BCUT2D eigenvalue weighted by molar-refractivity contribution is 0.248. The number of rotatable bonds is 7. The molecule has 0 aliphatic carbocycles. The number of hydrogen-bond acceptors (Lipinski definition) is 4. The topological polar surface area (TPSA) is 47.3 Å². The van der Waals surface area contributed by atoms with E-state index in [1.54, 1.807) is 0 Å². The fraction of sp³-hybridized carbons (Fsp3) is 0.438. The monoisotopic (exact) mass is 274 g/mol. The SMILES string of the molecule is CCCNCc1cc(COc2cc(C)cc(C)c2)on1. The van der Waals surface area contributed by atoms with Gasteiger partial charge in [0.15, 0.2) is 5.76 Å². The van der Waals surface area contributed by atoms with Crippen molar-refractivity contribution in [3.05, 3.63) is 46.8 Å². The van der Waals surface area contributed by atoms with Crippen molar-refractivity contribution in [3.63, 3.8) is 0 Å². The molecule has 0 bridgehead atoms. The molecule has 0 radical (unpaired) electrons. The second kappa shape index (κ2) is 7.10. The normalized spacial score (nSPS) is 10.8. The lowest BCUT2D eigenvalue weighted by Gasteiger charge is -2.06. The van der Waals surface area contributed by atoms with Crippen LogP contribution in [0, 0.1) is 13.8 Å². The number of hydrogen-bond donors (Lipinski definition) is 1. The summed E-state index contributed by atoms with van der Waals surface area (Å²) < 4.78 is 11.0. The van der Waals surface area contributed by atoms with Gasteiger partial charge in [0.25, 0.3) is 0 Å². The Morgan fingerprint density at radius 3 is 2.60 bits per heavy atom. The Labute approximate surface area is 120 Å². The molecular weight excluding hydrogens is 252 g/mol. The van der Waals surface area contributed by atoms with Gasteiger partial charge in [0.1, 0.15) is 12.4 Å². The molecule has 20 heavy (non-hydrogen) atoms. The van der Waals surface area contributed by atoms with Crippen LogP contribution in [0.15, 0.2) is 28.8 Å². The highest BCUT2D eigenvalue weighted by atomic mass is 16.5. The molecule has 4 nitrogen and oxygen atoms in total. The first-order chi connectivity index (χ1) is 9.67. The molecule has 1 N–H and O–H groups in total. The number of nitrogens with one attached hydrogen (secondary N) is 1. The fourth-order valence-electron chi connectivity index (χ4n) is 2.07. The van der Waals surface area contributed by atoms with Gasteiger partial charge in [-0.3, -0.25) is 0 Å². The minimum atomic E-state index is 0.406. The highest BCUT2D eigenvalue weighted by molar-refractivity contribution is 5.33. The van der Waals surface area contributed by atoms with Crippen LogP contribution in [0.25, 0.3) is 0 Å². The molecule has 0 aliphatic heterocycles. The van der Waals surface area contributed by atoms with E-state index in [9.17, 15) is 0 Å². The summed E-state index contributed by atoms with van der Waals surface area (Å²) in [5, 5.41) is 7.31. The Hall–Kier alpha value is -1.81. The van der Waals surface area contributed by atoms with Crippen LogP contribution in [0.1, 0.15) is 35.9 Å². The molecular formula is C16H22N2O2. The van der Waals surface area contributed by atoms with Crippen molar-refractivity contribution < 1.29 is 9.26 Å². The largest absolute Gasteiger partial charge is 0.486 e. The Bertz CT molecular complexity index is 529. The van der Waals surface area contributed by atoms with E-state index in [1.807, 2.05) is 18.2 Å². The van der Waals surface area contributed by atoms with E-state index in [4.69, 9.17) is 9.26 Å². The first-order valence-electron chi connectivity index (χ1n) is 7.03. The number of aryl methyl sites for hydroxylation is 2. The van der Waals surface area contributed by atoms with Gasteiger partial charge in [0.05, 0.1) is 5.69 Å². The molecule has 0 fully saturated rings. The zero-order valence-corrected chi connectivity index (χ0v) is 12.4. The van der Waals surface area contributed by atoms with Gasteiger partial charge in [-0.1, -0.05) is 18.1 Å². The van der Waals surface area contributed by atoms with E-state index in [-0.39, 0.29) is 0 Å². The summed E-state index contributed by atoms with van der Waals surface area (Å²) >= 11 is 0. The van der Waals surface area contributed by atoms with E-state index in [0.29, 0.717) is 6.61 Å². The van der Waals surface area contributed by atoms with E-state index in [1.165, 1.54) is 11.1 Å². The van der Waals surface area contributed by atoms with Crippen LogP contribution >= 0.6 is 0 Å². The van der Waals surface area contributed by atoms with E-state index >= 15 is 0 Å². The highest BCUT2D eigenvalue weighted by Gasteiger charge is 2.05. The van der Waals surface area contributed by atoms with Crippen molar-refractivity contribution in [2.75, 3.05) is 6.54 Å². The fourth-order valence-corrected chi connectivity index (χ4v) is 2.07. The Morgan fingerprint density at radius 1 is 1.15 bits per heavy atom. The molecule has 0 aliphatic rings. The van der Waals surface area contributed by atoms with Crippen LogP contribution in [0.5, 0.6) is 5.75 Å². The van der Waals surface area contributed by atoms with Gasteiger partial charge in [0, 0.05) is 12.6 Å². The number of aromatic nitrogens is 1. The van der Waals surface area contributed by atoms with Crippen LogP contribution in [0.3, 0.4) is 0 Å². The highest BCUT2D eigenvalue weighted by Crippen LogP contribution is 2.17. The van der Waals surface area contributed by atoms with Crippen LogP contribution in [0.2, 0.25) is 0 Å². The van der Waals surface area contributed by atoms with Crippen molar-refractivity contribution in [1.29, 1.82) is 0 Å². The Morgan fingerprint density at radius 2 is 1.90 bits per heavy atom. The zero-order valence-electron chi connectivity index (χ0n) is 12.4. The summed E-state index contributed by atoms with van der Waals surface area (Å²) in [5.74, 6) is 1.61. The van der Waals surface area contributed by atoms with Crippen molar-refractivity contribution in [1.82, 2.24) is 10.5 Å². The number of nitrogens with zero attached hydrogens (tertiary/aromatic N) is 1. The predicted molar refractivity (Wildman–Crippen MR) is 78.7 cm³/mol. The maximum atomic E-state index is 5.74. The standard InChI is InChI=1S/C16H22N2O2/c1-4-5-17-10-14-9-16(20-18-14)11-19-15-7-12(2)6-13(3)8-15/h6-9,17H,4-5,10-11H2,1-3H3. The molecule has 0 spiro atoms. The molecule has 0 saturated carbocycles. The second-order valence-electron chi connectivity index (χ2n) is 5.07. The average Bonchev–Trinajstić information content (AvgIpc) is 2.84. The Kier molecular flexibility index (Phi) is 5.18. The molecule has 108 valence electrons. The average molecular weight is 274 g/mol. The van der Waals surface area contributed by atoms with Crippen molar-refractivity contribution in [2.45, 2.75) is 40.3 Å². The third kappa shape index (κ3) is 4.38. The van der Waals surface area contributed by atoms with Crippen LogP contribution in [0.4, 0.5) is 0 Å². The van der Waals surface area contributed by atoms with Crippen LogP contribution in [-0.2, 0) is 13.2 Å². The summed E-state index contributed by atoms with van der Waals surface area (Å²) in [4.78, 5) is 0. The van der Waals surface area contributed by atoms with Gasteiger partial charge in [-0.05, 0) is 50.1 Å². The first kappa shape index (κ1) is 14.6. The van der Waals surface area contributed by atoms with Gasteiger partial charge in [-0.25, -0.2) is 0 Å². The molecule has 1 aromatic heterocycles. The lowest BCUT2D eigenvalue weighted by Crippen LogP contribution is -2.13. The van der Waals surface area contributed by atoms with Gasteiger partial charge in [-0.2, -0.15) is 0 Å². The Balaban J connectivity index is 1.87. The van der Waals surface area contributed by atoms with Gasteiger partial charge in [0.2, 0.25) is 0 Å². The van der Waals surface area contributed by atoms with Crippen LogP contribution in [-0.4, -0.2) is 11.7 Å². The minimum absolute atomic E-state index is 0.406. The molecule has 0 amide bonds. The van der Waals surface area contributed by atoms with Gasteiger partial charge in [-0.15, -0.1) is 0 Å². The quantitative estimate of drug-likeness (QED) is 0.786. The maximum Gasteiger partial charge on any atom is 0.174 e. The molecule has 1 heterocycles. The number of benzene rings is 1. The molecule has 2 rings (SSSR count). The number of ether oxygens (including phenoxy) is 1. The summed E-state index contributed by atoms with van der Waals surface area (Å²) in [6.07, 6.45) is 1.11. The van der Waals surface area contributed by atoms with E-state index < -0.39 is 0 Å². The molecule has 4 heteroatoms. The van der Waals surface area contributed by atoms with Crippen molar-refractivity contribution >= 4 is 0 Å². The lowest BCUT2D eigenvalue weighted by atomic mass is 10.1. The maximum absolute atomic E-state index is 5.74. The third-order valence-corrected chi connectivity index (χ3v) is 2.92. The molecule has 0 unspecified atom stereocenters. The second-order valence-corrected chi connectivity index (χ2v) is 5.07. The van der Waals surface area contributed by atoms with E-state index in [0.717, 1.165) is 36.7 Å². The summed E-state index contributed by atoms with van der Waals surface area (Å²) in [6.45, 7) is 8.39. The summed E-state index contributed by atoms with van der Waals surface area (Å²) in [5.41, 5.74) is 3.31.